The normalized spacial score (nSPS) is 13.4. The SMILES string of the molecule is O=C(NCc1cccnc1)Nc1sc(C2CC2)nc1-c1ccccc1. The van der Waals surface area contributed by atoms with E-state index in [9.17, 15) is 4.79 Å². The number of nitrogens with zero attached hydrogens (tertiary/aromatic N) is 2. The van der Waals surface area contributed by atoms with E-state index in [1.165, 1.54) is 12.8 Å². The van der Waals surface area contributed by atoms with E-state index in [2.05, 4.69) is 15.6 Å². The Morgan fingerprint density at radius 1 is 1.16 bits per heavy atom. The van der Waals surface area contributed by atoms with Crippen LogP contribution >= 0.6 is 11.3 Å². The van der Waals surface area contributed by atoms with E-state index < -0.39 is 0 Å². The van der Waals surface area contributed by atoms with Crippen LogP contribution in [-0.2, 0) is 6.54 Å². The van der Waals surface area contributed by atoms with Gasteiger partial charge in [0.2, 0.25) is 0 Å². The number of thiazole rings is 1. The third kappa shape index (κ3) is 3.85. The van der Waals surface area contributed by atoms with Crippen molar-refractivity contribution in [3.63, 3.8) is 0 Å². The van der Waals surface area contributed by atoms with E-state index in [1.54, 1.807) is 23.7 Å². The predicted octanol–water partition coefficient (Wildman–Crippen LogP) is 4.40. The molecule has 0 spiro atoms. The molecule has 3 aromatic rings. The van der Waals surface area contributed by atoms with Crippen LogP contribution in [0.3, 0.4) is 0 Å². The van der Waals surface area contributed by atoms with Gasteiger partial charge in [-0.15, -0.1) is 11.3 Å². The van der Waals surface area contributed by atoms with Gasteiger partial charge in [0.25, 0.3) is 0 Å². The van der Waals surface area contributed by atoms with E-state index in [-0.39, 0.29) is 6.03 Å². The molecule has 2 amide bonds. The van der Waals surface area contributed by atoms with Gasteiger partial charge in [0, 0.05) is 30.4 Å². The van der Waals surface area contributed by atoms with Crippen LogP contribution in [0.4, 0.5) is 9.80 Å². The fourth-order valence-corrected chi connectivity index (χ4v) is 3.70. The molecule has 0 unspecified atom stereocenters. The molecule has 2 aromatic heterocycles. The molecule has 1 aliphatic carbocycles. The molecule has 0 aliphatic heterocycles. The highest BCUT2D eigenvalue weighted by Crippen LogP contribution is 2.45. The zero-order valence-electron chi connectivity index (χ0n) is 13.6. The molecule has 0 bridgehead atoms. The van der Waals surface area contributed by atoms with Crippen LogP contribution in [-0.4, -0.2) is 16.0 Å². The van der Waals surface area contributed by atoms with Crippen LogP contribution in [0.1, 0.15) is 29.3 Å². The van der Waals surface area contributed by atoms with E-state index in [4.69, 9.17) is 4.98 Å². The van der Waals surface area contributed by atoms with Crippen molar-refractivity contribution in [2.75, 3.05) is 5.32 Å². The molecule has 25 heavy (non-hydrogen) atoms. The number of carbonyl (C=O) groups excluding carboxylic acids is 1. The first-order chi connectivity index (χ1) is 12.3. The number of aromatic nitrogens is 2. The van der Waals surface area contributed by atoms with Crippen LogP contribution in [0.2, 0.25) is 0 Å². The van der Waals surface area contributed by atoms with E-state index in [1.807, 2.05) is 42.5 Å². The quantitative estimate of drug-likeness (QED) is 0.716. The average molecular weight is 350 g/mol. The van der Waals surface area contributed by atoms with Gasteiger partial charge >= 0.3 is 6.03 Å². The van der Waals surface area contributed by atoms with Crippen molar-refractivity contribution in [2.24, 2.45) is 0 Å². The highest BCUT2D eigenvalue weighted by atomic mass is 32.1. The maximum atomic E-state index is 12.3. The average Bonchev–Trinajstić information content (AvgIpc) is 3.43. The van der Waals surface area contributed by atoms with Crippen LogP contribution in [0, 0.1) is 0 Å². The molecule has 0 radical (unpaired) electrons. The molecular weight excluding hydrogens is 332 g/mol. The van der Waals surface area contributed by atoms with Gasteiger partial charge < -0.3 is 5.32 Å². The van der Waals surface area contributed by atoms with Gasteiger partial charge in [-0.25, -0.2) is 9.78 Å². The van der Waals surface area contributed by atoms with Crippen molar-refractivity contribution in [3.05, 3.63) is 65.4 Å². The summed E-state index contributed by atoms with van der Waals surface area (Å²) in [5.41, 5.74) is 2.83. The number of pyridine rings is 1. The summed E-state index contributed by atoms with van der Waals surface area (Å²) < 4.78 is 0. The number of rotatable bonds is 5. The van der Waals surface area contributed by atoms with Gasteiger partial charge in [-0.1, -0.05) is 36.4 Å². The highest BCUT2D eigenvalue weighted by molar-refractivity contribution is 7.16. The third-order valence-electron chi connectivity index (χ3n) is 4.02. The summed E-state index contributed by atoms with van der Waals surface area (Å²) in [5, 5.41) is 7.75. The molecule has 2 heterocycles. The zero-order valence-corrected chi connectivity index (χ0v) is 14.4. The second-order valence-corrected chi connectivity index (χ2v) is 7.07. The Kier molecular flexibility index (Phi) is 4.43. The Hall–Kier alpha value is -2.73. The molecule has 6 heteroatoms. The van der Waals surface area contributed by atoms with Crippen molar-refractivity contribution in [2.45, 2.75) is 25.3 Å². The molecule has 126 valence electrons. The number of urea groups is 1. The smallest absolute Gasteiger partial charge is 0.320 e. The Bertz CT molecular complexity index is 860. The molecule has 1 saturated carbocycles. The minimum atomic E-state index is -0.230. The molecule has 1 aromatic carbocycles. The van der Waals surface area contributed by atoms with Crippen molar-refractivity contribution in [3.8, 4) is 11.3 Å². The number of hydrogen-bond donors (Lipinski definition) is 2. The van der Waals surface area contributed by atoms with Gasteiger partial charge in [0.15, 0.2) is 0 Å². The van der Waals surface area contributed by atoms with Gasteiger partial charge in [-0.3, -0.25) is 10.3 Å². The Labute approximate surface area is 150 Å². The van der Waals surface area contributed by atoms with E-state index in [0.29, 0.717) is 12.5 Å². The predicted molar refractivity (Wildman–Crippen MR) is 99.6 cm³/mol. The number of nitrogens with one attached hydrogen (secondary N) is 2. The third-order valence-corrected chi connectivity index (χ3v) is 5.15. The lowest BCUT2D eigenvalue weighted by Crippen LogP contribution is -2.28. The summed E-state index contributed by atoms with van der Waals surface area (Å²) in [6, 6.07) is 13.5. The molecule has 5 nitrogen and oxygen atoms in total. The van der Waals surface area contributed by atoms with Crippen molar-refractivity contribution >= 4 is 22.4 Å². The largest absolute Gasteiger partial charge is 0.334 e. The van der Waals surface area contributed by atoms with E-state index in [0.717, 1.165) is 26.8 Å². The first-order valence-corrected chi connectivity index (χ1v) is 9.11. The number of anilines is 1. The standard InChI is InChI=1S/C19H18N4OS/c24-19(21-12-13-5-4-10-20-11-13)23-18-16(14-6-2-1-3-7-14)22-17(25-18)15-8-9-15/h1-7,10-11,15H,8-9,12H2,(H2,21,23,24). The second kappa shape index (κ2) is 7.03. The summed E-state index contributed by atoms with van der Waals surface area (Å²) in [6.45, 7) is 0.439. The lowest BCUT2D eigenvalue weighted by molar-refractivity contribution is 0.252. The number of hydrogen-bond acceptors (Lipinski definition) is 4. The van der Waals surface area contributed by atoms with Crippen LogP contribution in [0.15, 0.2) is 54.9 Å². The summed E-state index contributed by atoms with van der Waals surface area (Å²) in [7, 11) is 0. The topological polar surface area (TPSA) is 66.9 Å². The van der Waals surface area contributed by atoms with Crippen LogP contribution in [0.5, 0.6) is 0 Å². The zero-order chi connectivity index (χ0) is 17.1. The van der Waals surface area contributed by atoms with Crippen molar-refractivity contribution < 1.29 is 4.79 Å². The van der Waals surface area contributed by atoms with Gasteiger partial charge in [-0.05, 0) is 24.5 Å². The summed E-state index contributed by atoms with van der Waals surface area (Å²) in [4.78, 5) is 21.1. The minimum absolute atomic E-state index is 0.230. The minimum Gasteiger partial charge on any atom is -0.334 e. The lowest BCUT2D eigenvalue weighted by atomic mass is 10.2. The van der Waals surface area contributed by atoms with Crippen molar-refractivity contribution in [1.29, 1.82) is 0 Å². The molecule has 4 rings (SSSR count). The summed E-state index contributed by atoms with van der Waals surface area (Å²) >= 11 is 1.58. The van der Waals surface area contributed by atoms with Gasteiger partial charge in [0.1, 0.15) is 10.7 Å². The fourth-order valence-electron chi connectivity index (χ4n) is 2.55. The summed E-state index contributed by atoms with van der Waals surface area (Å²) in [5.74, 6) is 0.557. The molecule has 1 aliphatic rings. The van der Waals surface area contributed by atoms with Gasteiger partial charge in [-0.2, -0.15) is 0 Å². The first kappa shape index (κ1) is 15.8. The number of carbonyl (C=O) groups is 1. The number of benzene rings is 1. The number of amides is 2. The Balaban J connectivity index is 1.50. The molecule has 0 saturated heterocycles. The Morgan fingerprint density at radius 3 is 2.72 bits per heavy atom. The van der Waals surface area contributed by atoms with Gasteiger partial charge in [0.05, 0.1) is 5.01 Å². The fraction of sp³-hybridized carbons (Fsp3) is 0.211. The maximum absolute atomic E-state index is 12.3. The second-order valence-electron chi connectivity index (χ2n) is 6.04. The Morgan fingerprint density at radius 2 is 2.00 bits per heavy atom. The lowest BCUT2D eigenvalue weighted by Gasteiger charge is -2.07. The maximum Gasteiger partial charge on any atom is 0.320 e. The van der Waals surface area contributed by atoms with Crippen LogP contribution < -0.4 is 10.6 Å². The molecule has 1 fully saturated rings. The molecule has 0 atom stereocenters. The monoisotopic (exact) mass is 350 g/mol. The van der Waals surface area contributed by atoms with E-state index >= 15 is 0 Å². The van der Waals surface area contributed by atoms with Crippen LogP contribution in [0.25, 0.3) is 11.3 Å². The highest BCUT2D eigenvalue weighted by Gasteiger charge is 2.29. The molecular formula is C19H18N4OS. The van der Waals surface area contributed by atoms with Crippen molar-refractivity contribution in [1.82, 2.24) is 15.3 Å². The first-order valence-electron chi connectivity index (χ1n) is 8.29. The molecule has 2 N–H and O–H groups in total. The summed E-state index contributed by atoms with van der Waals surface area (Å²) in [6.07, 6.45) is 5.84.